The molecule has 1 saturated heterocycles. The smallest absolute Gasteiger partial charge is 0.0936 e. The zero-order valence-electron chi connectivity index (χ0n) is 12.1. The monoisotopic (exact) mass is 276 g/mol. The number of benzene rings is 1. The number of hydrogen-bond acceptors (Lipinski definition) is 4. The van der Waals surface area contributed by atoms with Crippen molar-refractivity contribution in [3.63, 3.8) is 0 Å². The van der Waals surface area contributed by atoms with Crippen LogP contribution < -0.4 is 5.32 Å². The van der Waals surface area contributed by atoms with E-state index in [0.29, 0.717) is 6.04 Å². The Balaban J connectivity index is 1.85. The van der Waals surface area contributed by atoms with Crippen LogP contribution in [0.4, 0.5) is 0 Å². The Kier molecular flexibility index (Phi) is 4.36. The van der Waals surface area contributed by atoms with Crippen LogP contribution in [0.25, 0.3) is 0 Å². The summed E-state index contributed by atoms with van der Waals surface area (Å²) in [7, 11) is 0. The molecule has 2 aliphatic heterocycles. The van der Waals surface area contributed by atoms with Gasteiger partial charge in [0.2, 0.25) is 0 Å². The molecule has 0 saturated carbocycles. The van der Waals surface area contributed by atoms with Crippen molar-refractivity contribution >= 4 is 0 Å². The third-order valence-corrected chi connectivity index (χ3v) is 4.32. The zero-order valence-corrected chi connectivity index (χ0v) is 12.1. The zero-order chi connectivity index (χ0) is 13.9. The van der Waals surface area contributed by atoms with Crippen LogP contribution in [0, 0.1) is 0 Å². The van der Waals surface area contributed by atoms with Crippen molar-refractivity contribution in [1.82, 2.24) is 10.2 Å². The summed E-state index contributed by atoms with van der Waals surface area (Å²) in [5.41, 5.74) is 2.83. The van der Waals surface area contributed by atoms with Crippen LogP contribution in [0.15, 0.2) is 24.3 Å². The van der Waals surface area contributed by atoms with E-state index in [1.807, 2.05) is 0 Å². The van der Waals surface area contributed by atoms with Crippen LogP contribution in [-0.2, 0) is 11.3 Å². The number of nitrogens with zero attached hydrogens (tertiary/aromatic N) is 1. The third-order valence-electron chi connectivity index (χ3n) is 4.32. The number of aliphatic hydroxyl groups excluding tert-OH is 1. The van der Waals surface area contributed by atoms with Crippen LogP contribution in [0.2, 0.25) is 0 Å². The van der Waals surface area contributed by atoms with E-state index >= 15 is 0 Å². The van der Waals surface area contributed by atoms with Gasteiger partial charge in [0.05, 0.1) is 18.8 Å². The molecule has 0 amide bonds. The summed E-state index contributed by atoms with van der Waals surface area (Å²) in [4.78, 5) is 2.49. The predicted octanol–water partition coefficient (Wildman–Crippen LogP) is 1.30. The van der Waals surface area contributed by atoms with Crippen molar-refractivity contribution in [1.29, 1.82) is 0 Å². The van der Waals surface area contributed by atoms with Crippen LogP contribution in [0.5, 0.6) is 0 Å². The first-order valence-electron chi connectivity index (χ1n) is 7.57. The van der Waals surface area contributed by atoms with Gasteiger partial charge in [0.15, 0.2) is 0 Å². The number of hydrogen-bond donors (Lipinski definition) is 2. The Morgan fingerprint density at radius 3 is 3.05 bits per heavy atom. The van der Waals surface area contributed by atoms with Gasteiger partial charge < -0.3 is 15.2 Å². The molecule has 1 fully saturated rings. The molecule has 3 unspecified atom stereocenters. The maximum atomic E-state index is 9.41. The average molecular weight is 276 g/mol. The molecule has 2 heterocycles. The van der Waals surface area contributed by atoms with E-state index in [4.69, 9.17) is 4.74 Å². The lowest BCUT2D eigenvalue weighted by molar-refractivity contribution is -0.106. The highest BCUT2D eigenvalue weighted by Crippen LogP contribution is 2.31. The Morgan fingerprint density at radius 1 is 1.35 bits per heavy atom. The lowest BCUT2D eigenvalue weighted by Gasteiger charge is -2.41. The summed E-state index contributed by atoms with van der Waals surface area (Å²) >= 11 is 0. The van der Waals surface area contributed by atoms with E-state index in [9.17, 15) is 5.11 Å². The van der Waals surface area contributed by atoms with Gasteiger partial charge in [0.25, 0.3) is 0 Å². The van der Waals surface area contributed by atoms with Crippen LogP contribution in [0.3, 0.4) is 0 Å². The summed E-state index contributed by atoms with van der Waals surface area (Å²) in [5.74, 6) is 0. The molecule has 0 bridgehead atoms. The van der Waals surface area contributed by atoms with Crippen molar-refractivity contribution in [2.45, 2.75) is 38.1 Å². The first-order chi connectivity index (χ1) is 9.78. The number of rotatable bonds is 2. The van der Waals surface area contributed by atoms with Crippen molar-refractivity contribution in [3.8, 4) is 0 Å². The normalized spacial score (nSPS) is 31.6. The highest BCUT2D eigenvalue weighted by molar-refractivity contribution is 5.31. The quantitative estimate of drug-likeness (QED) is 0.855. The van der Waals surface area contributed by atoms with Gasteiger partial charge in [0.1, 0.15) is 0 Å². The SMILES string of the molecule is CC1CN(C2CCNCc3ccccc32)CC(CO)O1. The predicted molar refractivity (Wildman–Crippen MR) is 78.5 cm³/mol. The molecule has 0 radical (unpaired) electrons. The van der Waals surface area contributed by atoms with Gasteiger partial charge in [-0.15, -0.1) is 0 Å². The third kappa shape index (κ3) is 2.88. The lowest BCUT2D eigenvalue weighted by atomic mass is 9.96. The number of ether oxygens (including phenoxy) is 1. The Bertz CT molecular complexity index is 452. The van der Waals surface area contributed by atoms with E-state index in [-0.39, 0.29) is 18.8 Å². The fourth-order valence-corrected chi connectivity index (χ4v) is 3.45. The average Bonchev–Trinajstić information content (AvgIpc) is 2.69. The van der Waals surface area contributed by atoms with Gasteiger partial charge in [-0.25, -0.2) is 0 Å². The van der Waals surface area contributed by atoms with Crippen molar-refractivity contribution in [2.75, 3.05) is 26.2 Å². The second kappa shape index (κ2) is 6.22. The fraction of sp³-hybridized carbons (Fsp3) is 0.625. The van der Waals surface area contributed by atoms with E-state index in [0.717, 1.165) is 32.6 Å². The van der Waals surface area contributed by atoms with Crippen LogP contribution in [0.1, 0.15) is 30.5 Å². The topological polar surface area (TPSA) is 44.7 Å². The number of morpholine rings is 1. The standard InChI is InChI=1S/C16H24N2O2/c1-12-9-18(10-14(11-19)20-12)16-6-7-17-8-13-4-2-3-5-15(13)16/h2-5,12,14,16-17,19H,6-11H2,1H3. The van der Waals surface area contributed by atoms with Gasteiger partial charge >= 0.3 is 0 Å². The summed E-state index contributed by atoms with van der Waals surface area (Å²) in [6.45, 7) is 5.95. The molecule has 1 aromatic carbocycles. The summed E-state index contributed by atoms with van der Waals surface area (Å²) < 4.78 is 5.77. The van der Waals surface area contributed by atoms with Crippen molar-refractivity contribution < 1.29 is 9.84 Å². The van der Waals surface area contributed by atoms with Gasteiger partial charge in [-0.3, -0.25) is 4.90 Å². The summed E-state index contributed by atoms with van der Waals surface area (Å²) in [5, 5.41) is 12.9. The highest BCUT2D eigenvalue weighted by atomic mass is 16.5. The van der Waals surface area contributed by atoms with Crippen LogP contribution >= 0.6 is 0 Å². The molecule has 2 N–H and O–H groups in total. The number of fused-ring (bicyclic) bond motifs is 1. The fourth-order valence-electron chi connectivity index (χ4n) is 3.45. The first-order valence-corrected chi connectivity index (χ1v) is 7.57. The van der Waals surface area contributed by atoms with Gasteiger partial charge in [-0.1, -0.05) is 24.3 Å². The Labute approximate surface area is 120 Å². The van der Waals surface area contributed by atoms with Crippen molar-refractivity contribution in [2.24, 2.45) is 0 Å². The molecule has 0 spiro atoms. The molecular weight excluding hydrogens is 252 g/mol. The van der Waals surface area contributed by atoms with E-state index < -0.39 is 0 Å². The molecular formula is C16H24N2O2. The maximum absolute atomic E-state index is 9.41. The summed E-state index contributed by atoms with van der Waals surface area (Å²) in [6, 6.07) is 9.14. The second-order valence-corrected chi connectivity index (χ2v) is 5.89. The molecule has 3 atom stereocenters. The molecule has 2 aliphatic rings. The number of nitrogens with one attached hydrogen (secondary N) is 1. The first kappa shape index (κ1) is 14.0. The van der Waals surface area contributed by atoms with E-state index in [2.05, 4.69) is 41.4 Å². The van der Waals surface area contributed by atoms with Crippen molar-refractivity contribution in [3.05, 3.63) is 35.4 Å². The molecule has 1 aromatic rings. The molecule has 110 valence electrons. The Morgan fingerprint density at radius 2 is 2.20 bits per heavy atom. The minimum absolute atomic E-state index is 0.0536. The highest BCUT2D eigenvalue weighted by Gasteiger charge is 2.31. The molecule has 4 nitrogen and oxygen atoms in total. The largest absolute Gasteiger partial charge is 0.394 e. The molecule has 0 aromatic heterocycles. The van der Waals surface area contributed by atoms with Gasteiger partial charge in [0, 0.05) is 25.7 Å². The lowest BCUT2D eigenvalue weighted by Crippen LogP contribution is -2.49. The molecule has 3 rings (SSSR count). The Hall–Kier alpha value is -0.940. The van der Waals surface area contributed by atoms with Gasteiger partial charge in [-0.2, -0.15) is 0 Å². The minimum atomic E-state index is -0.0536. The van der Waals surface area contributed by atoms with E-state index in [1.165, 1.54) is 11.1 Å². The molecule has 4 heteroatoms. The van der Waals surface area contributed by atoms with Crippen LogP contribution in [-0.4, -0.2) is 48.5 Å². The van der Waals surface area contributed by atoms with E-state index in [1.54, 1.807) is 0 Å². The maximum Gasteiger partial charge on any atom is 0.0936 e. The summed E-state index contributed by atoms with van der Waals surface area (Å²) in [6.07, 6.45) is 1.24. The van der Waals surface area contributed by atoms with Gasteiger partial charge in [-0.05, 0) is 31.0 Å². The second-order valence-electron chi connectivity index (χ2n) is 5.89. The minimum Gasteiger partial charge on any atom is -0.394 e. The molecule has 20 heavy (non-hydrogen) atoms. The molecule has 0 aliphatic carbocycles. The number of aliphatic hydroxyl groups is 1.